The molecule has 154 valence electrons. The number of primary amides is 1. The molecule has 2 amide bonds. The van der Waals surface area contributed by atoms with Crippen LogP contribution in [0.25, 0.3) is 0 Å². The van der Waals surface area contributed by atoms with Crippen molar-refractivity contribution >= 4 is 17.6 Å². The van der Waals surface area contributed by atoms with Crippen LogP contribution in [0.1, 0.15) is 44.2 Å². The Morgan fingerprint density at radius 1 is 1.11 bits per heavy atom. The summed E-state index contributed by atoms with van der Waals surface area (Å²) >= 11 is 0. The summed E-state index contributed by atoms with van der Waals surface area (Å²) in [5.74, 6) is 1.57. The van der Waals surface area contributed by atoms with Crippen molar-refractivity contribution in [3.8, 4) is 6.01 Å². The summed E-state index contributed by atoms with van der Waals surface area (Å²) in [7, 11) is 1.59. The largest absolute Gasteiger partial charge is 0.467 e. The summed E-state index contributed by atoms with van der Waals surface area (Å²) in [6.07, 6.45) is 5.32. The second-order valence-corrected chi connectivity index (χ2v) is 7.89. The molecule has 0 bridgehead atoms. The van der Waals surface area contributed by atoms with E-state index in [-0.39, 0.29) is 12.3 Å². The molecule has 8 nitrogen and oxygen atoms in total. The smallest absolute Gasteiger partial charge is 0.318 e. The van der Waals surface area contributed by atoms with Crippen LogP contribution in [-0.2, 0) is 9.59 Å². The Morgan fingerprint density at radius 3 is 2.46 bits per heavy atom. The minimum atomic E-state index is -0.549. The van der Waals surface area contributed by atoms with E-state index in [4.69, 9.17) is 10.5 Å². The Hall–Kier alpha value is -2.38. The van der Waals surface area contributed by atoms with Crippen molar-refractivity contribution in [3.05, 3.63) is 11.8 Å². The SMILES string of the molecule is COc1nc(C)cc(N2CCCC(C3CCN(C(=O)CC(N)=O)CC3)CC2)n1. The summed E-state index contributed by atoms with van der Waals surface area (Å²) in [4.78, 5) is 35.9. The van der Waals surface area contributed by atoms with Gasteiger partial charge in [0.25, 0.3) is 0 Å². The van der Waals surface area contributed by atoms with E-state index in [0.29, 0.717) is 17.8 Å². The third kappa shape index (κ3) is 5.11. The van der Waals surface area contributed by atoms with Gasteiger partial charge in [0.15, 0.2) is 0 Å². The van der Waals surface area contributed by atoms with Crippen LogP contribution in [0.4, 0.5) is 5.82 Å². The zero-order valence-electron chi connectivity index (χ0n) is 16.9. The van der Waals surface area contributed by atoms with Crippen molar-refractivity contribution < 1.29 is 14.3 Å². The van der Waals surface area contributed by atoms with Gasteiger partial charge in [0.1, 0.15) is 12.2 Å². The molecule has 0 saturated carbocycles. The van der Waals surface area contributed by atoms with E-state index in [2.05, 4.69) is 14.9 Å². The molecule has 1 atom stereocenters. The maximum atomic E-state index is 12.0. The molecule has 2 fully saturated rings. The topological polar surface area (TPSA) is 102 Å². The van der Waals surface area contributed by atoms with E-state index < -0.39 is 5.91 Å². The first-order valence-corrected chi connectivity index (χ1v) is 10.2. The van der Waals surface area contributed by atoms with Gasteiger partial charge in [-0.15, -0.1) is 0 Å². The van der Waals surface area contributed by atoms with E-state index in [1.165, 1.54) is 6.42 Å². The quantitative estimate of drug-likeness (QED) is 0.766. The standard InChI is InChI=1S/C20H31N5O3/c1-14-12-18(23-20(22-14)28-2)24-8-3-4-15(5-9-24)16-6-10-25(11-7-16)19(27)13-17(21)26/h12,15-16H,3-11,13H2,1-2H3,(H2,21,26). The van der Waals surface area contributed by atoms with Gasteiger partial charge in [0.2, 0.25) is 11.8 Å². The number of methoxy groups -OCH3 is 1. The van der Waals surface area contributed by atoms with Gasteiger partial charge in [-0.3, -0.25) is 9.59 Å². The highest BCUT2D eigenvalue weighted by Crippen LogP contribution is 2.33. The normalized spacial score (nSPS) is 21.3. The van der Waals surface area contributed by atoms with Crippen LogP contribution < -0.4 is 15.4 Å². The molecule has 2 aliphatic rings. The Morgan fingerprint density at radius 2 is 1.79 bits per heavy atom. The molecule has 0 aromatic carbocycles. The van der Waals surface area contributed by atoms with Gasteiger partial charge >= 0.3 is 6.01 Å². The average Bonchev–Trinajstić information content (AvgIpc) is 2.93. The number of nitrogens with zero attached hydrogens (tertiary/aromatic N) is 4. The number of aryl methyl sites for hydroxylation is 1. The summed E-state index contributed by atoms with van der Waals surface area (Å²) in [6.45, 7) is 5.40. The highest BCUT2D eigenvalue weighted by atomic mass is 16.5. The number of anilines is 1. The molecule has 1 aromatic heterocycles. The Labute approximate surface area is 166 Å². The molecule has 0 spiro atoms. The fourth-order valence-corrected chi connectivity index (χ4v) is 4.48. The molecule has 2 saturated heterocycles. The minimum Gasteiger partial charge on any atom is -0.467 e. The van der Waals surface area contributed by atoms with Gasteiger partial charge in [0.05, 0.1) is 7.11 Å². The lowest BCUT2D eigenvalue weighted by Gasteiger charge is -2.36. The Kier molecular flexibility index (Phi) is 6.70. The predicted octanol–water partition coefficient (Wildman–Crippen LogP) is 1.51. The summed E-state index contributed by atoms with van der Waals surface area (Å²) in [5, 5.41) is 0. The summed E-state index contributed by atoms with van der Waals surface area (Å²) < 4.78 is 5.22. The maximum Gasteiger partial charge on any atom is 0.318 e. The maximum absolute atomic E-state index is 12.0. The Bertz CT molecular complexity index is 703. The highest BCUT2D eigenvalue weighted by molar-refractivity contribution is 5.96. The molecule has 2 aliphatic heterocycles. The van der Waals surface area contributed by atoms with Crippen molar-refractivity contribution in [2.45, 2.75) is 45.4 Å². The fraction of sp³-hybridized carbons (Fsp3) is 0.700. The number of amides is 2. The van der Waals surface area contributed by atoms with Crippen LogP contribution in [0.3, 0.4) is 0 Å². The second kappa shape index (κ2) is 9.21. The first-order chi connectivity index (χ1) is 13.5. The van der Waals surface area contributed by atoms with Crippen LogP contribution in [-0.4, -0.2) is 60.0 Å². The monoisotopic (exact) mass is 389 g/mol. The highest BCUT2D eigenvalue weighted by Gasteiger charge is 2.30. The van der Waals surface area contributed by atoms with Crippen molar-refractivity contribution in [3.63, 3.8) is 0 Å². The van der Waals surface area contributed by atoms with Crippen molar-refractivity contribution in [2.24, 2.45) is 17.6 Å². The van der Waals surface area contributed by atoms with Crippen LogP contribution in [0, 0.1) is 18.8 Å². The summed E-state index contributed by atoms with van der Waals surface area (Å²) in [6, 6.07) is 2.44. The molecular formula is C20H31N5O3. The molecule has 0 radical (unpaired) electrons. The van der Waals surface area contributed by atoms with Crippen molar-refractivity contribution in [1.29, 1.82) is 0 Å². The molecular weight excluding hydrogens is 358 g/mol. The molecule has 0 aliphatic carbocycles. The zero-order chi connectivity index (χ0) is 20.1. The lowest BCUT2D eigenvalue weighted by molar-refractivity contribution is -0.136. The Balaban J connectivity index is 1.54. The van der Waals surface area contributed by atoms with Crippen LogP contribution in [0.5, 0.6) is 6.01 Å². The number of piperidine rings is 1. The minimum absolute atomic E-state index is 0.133. The average molecular weight is 390 g/mol. The lowest BCUT2D eigenvalue weighted by Crippen LogP contribution is -2.41. The number of carbonyl (C=O) groups excluding carboxylic acids is 2. The van der Waals surface area contributed by atoms with E-state index >= 15 is 0 Å². The number of ether oxygens (including phenoxy) is 1. The number of aromatic nitrogens is 2. The van der Waals surface area contributed by atoms with Gasteiger partial charge in [-0.1, -0.05) is 0 Å². The van der Waals surface area contributed by atoms with Crippen LogP contribution in [0.2, 0.25) is 0 Å². The van der Waals surface area contributed by atoms with Crippen molar-refractivity contribution in [2.75, 3.05) is 38.2 Å². The third-order valence-corrected chi connectivity index (χ3v) is 5.98. The number of hydrogen-bond donors (Lipinski definition) is 1. The van der Waals surface area contributed by atoms with Gasteiger partial charge in [-0.25, -0.2) is 4.98 Å². The van der Waals surface area contributed by atoms with E-state index in [1.807, 2.05) is 13.0 Å². The second-order valence-electron chi connectivity index (χ2n) is 7.89. The molecule has 1 aromatic rings. The molecule has 8 heteroatoms. The predicted molar refractivity (Wildman–Crippen MR) is 106 cm³/mol. The third-order valence-electron chi connectivity index (χ3n) is 5.98. The number of hydrogen-bond acceptors (Lipinski definition) is 6. The van der Waals surface area contributed by atoms with E-state index in [0.717, 1.165) is 63.4 Å². The van der Waals surface area contributed by atoms with Gasteiger partial charge in [0, 0.05) is 37.9 Å². The number of likely N-dealkylation sites (tertiary alicyclic amines) is 1. The van der Waals surface area contributed by atoms with Gasteiger partial charge in [-0.05, 0) is 50.9 Å². The van der Waals surface area contributed by atoms with E-state index in [1.54, 1.807) is 12.0 Å². The number of rotatable bonds is 5. The van der Waals surface area contributed by atoms with Gasteiger partial charge < -0.3 is 20.3 Å². The molecule has 3 heterocycles. The van der Waals surface area contributed by atoms with Crippen LogP contribution in [0.15, 0.2) is 6.07 Å². The fourth-order valence-electron chi connectivity index (χ4n) is 4.48. The molecule has 1 unspecified atom stereocenters. The van der Waals surface area contributed by atoms with Crippen LogP contribution >= 0.6 is 0 Å². The van der Waals surface area contributed by atoms with Crippen molar-refractivity contribution in [1.82, 2.24) is 14.9 Å². The zero-order valence-corrected chi connectivity index (χ0v) is 16.9. The van der Waals surface area contributed by atoms with Gasteiger partial charge in [-0.2, -0.15) is 4.98 Å². The number of nitrogens with two attached hydrogens (primary N) is 1. The number of carbonyl (C=O) groups is 2. The first kappa shape index (κ1) is 20.4. The molecule has 3 rings (SSSR count). The first-order valence-electron chi connectivity index (χ1n) is 10.2. The lowest BCUT2D eigenvalue weighted by atomic mass is 9.80. The van der Waals surface area contributed by atoms with E-state index in [9.17, 15) is 9.59 Å². The summed E-state index contributed by atoms with van der Waals surface area (Å²) in [5.41, 5.74) is 6.05. The molecule has 2 N–H and O–H groups in total. The molecule has 28 heavy (non-hydrogen) atoms.